The molecular formula is C17H24O2. The lowest BCUT2D eigenvalue weighted by Crippen LogP contribution is -2.29. The van der Waals surface area contributed by atoms with E-state index in [9.17, 15) is 9.90 Å². The van der Waals surface area contributed by atoms with Gasteiger partial charge in [0.05, 0.1) is 5.92 Å². The summed E-state index contributed by atoms with van der Waals surface area (Å²) in [5, 5.41) is 9.44. The molecule has 104 valence electrons. The summed E-state index contributed by atoms with van der Waals surface area (Å²) in [4.78, 5) is 11.5. The Hall–Kier alpha value is -1.31. The number of carboxylic acid groups (broad SMARTS) is 1. The monoisotopic (exact) mass is 260 g/mol. The topological polar surface area (TPSA) is 37.3 Å². The predicted octanol–water partition coefficient (Wildman–Crippen LogP) is 4.15. The smallest absolute Gasteiger partial charge is 0.307 e. The lowest BCUT2D eigenvalue weighted by atomic mass is 9.74. The van der Waals surface area contributed by atoms with Gasteiger partial charge in [0.25, 0.3) is 0 Å². The van der Waals surface area contributed by atoms with E-state index in [0.717, 1.165) is 6.42 Å². The summed E-state index contributed by atoms with van der Waals surface area (Å²) >= 11 is 0. The van der Waals surface area contributed by atoms with E-state index in [0.29, 0.717) is 11.8 Å². The van der Waals surface area contributed by atoms with Crippen molar-refractivity contribution in [2.24, 2.45) is 17.3 Å². The van der Waals surface area contributed by atoms with Gasteiger partial charge in [-0.3, -0.25) is 4.79 Å². The van der Waals surface area contributed by atoms with Crippen LogP contribution in [0, 0.1) is 31.1 Å². The lowest BCUT2D eigenvalue weighted by molar-refractivity contribution is -0.145. The zero-order chi connectivity index (χ0) is 14.4. The van der Waals surface area contributed by atoms with E-state index in [2.05, 4.69) is 52.8 Å². The Kier molecular flexibility index (Phi) is 3.46. The van der Waals surface area contributed by atoms with Crippen molar-refractivity contribution in [1.82, 2.24) is 0 Å². The first-order valence-electron chi connectivity index (χ1n) is 7.05. The fraction of sp³-hybridized carbons (Fsp3) is 0.588. The van der Waals surface area contributed by atoms with Gasteiger partial charge >= 0.3 is 5.97 Å². The van der Waals surface area contributed by atoms with Crippen molar-refractivity contribution in [2.45, 2.75) is 47.0 Å². The molecule has 0 heterocycles. The van der Waals surface area contributed by atoms with Crippen LogP contribution in [-0.2, 0) is 4.79 Å². The number of carboxylic acids is 1. The Morgan fingerprint density at radius 1 is 1.32 bits per heavy atom. The maximum Gasteiger partial charge on any atom is 0.307 e. The minimum absolute atomic E-state index is 0.145. The third-order valence-electron chi connectivity index (χ3n) is 5.29. The van der Waals surface area contributed by atoms with Crippen LogP contribution in [0.3, 0.4) is 0 Å². The van der Waals surface area contributed by atoms with Crippen LogP contribution in [0.2, 0.25) is 0 Å². The summed E-state index contributed by atoms with van der Waals surface area (Å²) in [7, 11) is 0. The molecule has 1 aromatic carbocycles. The summed E-state index contributed by atoms with van der Waals surface area (Å²) in [6.07, 6.45) is 0.757. The van der Waals surface area contributed by atoms with Gasteiger partial charge < -0.3 is 5.11 Å². The van der Waals surface area contributed by atoms with E-state index in [1.807, 2.05) is 0 Å². The Labute approximate surface area is 115 Å². The van der Waals surface area contributed by atoms with Gasteiger partial charge in [0.2, 0.25) is 0 Å². The van der Waals surface area contributed by atoms with Crippen molar-refractivity contribution >= 4 is 5.97 Å². The standard InChI is InChI=1S/C17H24O2/c1-10-6-7-13(11(2)8-10)14-9-15(16(18)19)17(4,5)12(14)3/h6-8,12,14-15H,9H2,1-5H3,(H,18,19)/t12-,14-,15-/m0/s1. The van der Waals surface area contributed by atoms with E-state index in [1.165, 1.54) is 16.7 Å². The number of aliphatic carboxylic acids is 1. The van der Waals surface area contributed by atoms with Crippen molar-refractivity contribution in [1.29, 1.82) is 0 Å². The SMILES string of the molecule is Cc1ccc([C@H]2C[C@@H](C(=O)O)C(C)(C)[C@H]2C)c(C)c1. The molecule has 2 heteroatoms. The first-order chi connectivity index (χ1) is 8.75. The van der Waals surface area contributed by atoms with Crippen molar-refractivity contribution in [2.75, 3.05) is 0 Å². The molecule has 0 amide bonds. The largest absolute Gasteiger partial charge is 0.481 e. The normalized spacial score (nSPS) is 29.4. The molecule has 2 rings (SSSR count). The number of carbonyl (C=O) groups is 1. The van der Waals surface area contributed by atoms with Gasteiger partial charge in [-0.05, 0) is 48.6 Å². The van der Waals surface area contributed by atoms with E-state index in [4.69, 9.17) is 0 Å². The molecule has 0 radical (unpaired) electrons. The number of hydrogen-bond donors (Lipinski definition) is 1. The molecule has 0 aliphatic heterocycles. The Balaban J connectivity index is 2.39. The molecule has 1 N–H and O–H groups in total. The molecule has 2 nitrogen and oxygen atoms in total. The molecule has 3 atom stereocenters. The minimum Gasteiger partial charge on any atom is -0.481 e. The summed E-state index contributed by atoms with van der Waals surface area (Å²) in [5.74, 6) is -0.149. The number of benzene rings is 1. The molecule has 0 saturated heterocycles. The lowest BCUT2D eigenvalue weighted by Gasteiger charge is -2.30. The highest BCUT2D eigenvalue weighted by Crippen LogP contribution is 2.55. The fourth-order valence-electron chi connectivity index (χ4n) is 3.65. The molecule has 1 aliphatic rings. The Morgan fingerprint density at radius 3 is 2.42 bits per heavy atom. The van der Waals surface area contributed by atoms with Crippen LogP contribution < -0.4 is 0 Å². The van der Waals surface area contributed by atoms with E-state index in [-0.39, 0.29) is 11.3 Å². The van der Waals surface area contributed by atoms with Crippen LogP contribution >= 0.6 is 0 Å². The van der Waals surface area contributed by atoms with Gasteiger partial charge in [0, 0.05) is 0 Å². The number of hydrogen-bond acceptors (Lipinski definition) is 1. The van der Waals surface area contributed by atoms with Crippen LogP contribution in [0.5, 0.6) is 0 Å². The summed E-state index contributed by atoms with van der Waals surface area (Å²) < 4.78 is 0. The van der Waals surface area contributed by atoms with Crippen LogP contribution in [0.25, 0.3) is 0 Å². The molecular weight excluding hydrogens is 236 g/mol. The first kappa shape index (κ1) is 14.1. The second-order valence-corrected chi connectivity index (χ2v) is 6.70. The van der Waals surface area contributed by atoms with Crippen LogP contribution in [0.4, 0.5) is 0 Å². The maximum atomic E-state index is 11.5. The van der Waals surface area contributed by atoms with Gasteiger partial charge in [-0.25, -0.2) is 0 Å². The second-order valence-electron chi connectivity index (χ2n) is 6.70. The van der Waals surface area contributed by atoms with Crippen LogP contribution in [0.15, 0.2) is 18.2 Å². The van der Waals surface area contributed by atoms with E-state index >= 15 is 0 Å². The summed E-state index contributed by atoms with van der Waals surface area (Å²) in [5.41, 5.74) is 3.74. The van der Waals surface area contributed by atoms with Gasteiger partial charge in [-0.2, -0.15) is 0 Å². The highest BCUT2D eigenvalue weighted by Gasteiger charge is 2.50. The zero-order valence-corrected chi connectivity index (χ0v) is 12.5. The molecule has 1 fully saturated rings. The molecule has 0 bridgehead atoms. The quantitative estimate of drug-likeness (QED) is 0.867. The molecule has 1 aliphatic carbocycles. The molecule has 0 unspecified atom stereocenters. The third kappa shape index (κ3) is 2.29. The first-order valence-corrected chi connectivity index (χ1v) is 7.05. The average Bonchev–Trinajstić information content (AvgIpc) is 2.52. The third-order valence-corrected chi connectivity index (χ3v) is 5.29. The minimum atomic E-state index is -0.649. The summed E-state index contributed by atoms with van der Waals surface area (Å²) in [6.45, 7) is 10.6. The van der Waals surface area contributed by atoms with E-state index in [1.54, 1.807) is 0 Å². The summed E-state index contributed by atoms with van der Waals surface area (Å²) in [6, 6.07) is 6.52. The fourth-order valence-corrected chi connectivity index (χ4v) is 3.65. The molecule has 0 spiro atoms. The van der Waals surface area contributed by atoms with Crippen molar-refractivity contribution in [3.63, 3.8) is 0 Å². The Morgan fingerprint density at radius 2 is 1.95 bits per heavy atom. The van der Waals surface area contributed by atoms with E-state index < -0.39 is 5.97 Å². The average molecular weight is 260 g/mol. The second kappa shape index (κ2) is 4.66. The number of rotatable bonds is 2. The molecule has 1 saturated carbocycles. The predicted molar refractivity (Wildman–Crippen MR) is 77.3 cm³/mol. The van der Waals surface area contributed by atoms with Gasteiger partial charge in [-0.15, -0.1) is 0 Å². The van der Waals surface area contributed by atoms with Crippen LogP contribution in [-0.4, -0.2) is 11.1 Å². The van der Waals surface area contributed by atoms with Gasteiger partial charge in [-0.1, -0.05) is 44.5 Å². The molecule has 0 aromatic heterocycles. The van der Waals surface area contributed by atoms with Gasteiger partial charge in [0.15, 0.2) is 0 Å². The molecule has 19 heavy (non-hydrogen) atoms. The van der Waals surface area contributed by atoms with Crippen molar-refractivity contribution < 1.29 is 9.90 Å². The highest BCUT2D eigenvalue weighted by molar-refractivity contribution is 5.72. The maximum absolute atomic E-state index is 11.5. The molecule has 1 aromatic rings. The number of aryl methyl sites for hydroxylation is 2. The zero-order valence-electron chi connectivity index (χ0n) is 12.5. The highest BCUT2D eigenvalue weighted by atomic mass is 16.4. The van der Waals surface area contributed by atoms with Crippen molar-refractivity contribution in [3.05, 3.63) is 34.9 Å². The Bertz CT molecular complexity index is 502. The van der Waals surface area contributed by atoms with Gasteiger partial charge in [0.1, 0.15) is 0 Å². The van der Waals surface area contributed by atoms with Crippen molar-refractivity contribution in [3.8, 4) is 0 Å². The van der Waals surface area contributed by atoms with Crippen LogP contribution in [0.1, 0.15) is 49.8 Å².